The minimum atomic E-state index is -0.827. The van der Waals surface area contributed by atoms with Crippen molar-refractivity contribution in [2.45, 2.75) is 46.4 Å². The van der Waals surface area contributed by atoms with Crippen LogP contribution in [0.2, 0.25) is 0 Å². The third-order valence-electron chi connectivity index (χ3n) is 7.37. The van der Waals surface area contributed by atoms with Crippen LogP contribution in [0.4, 0.5) is 0 Å². The molecule has 4 aromatic rings. The monoisotopic (exact) mass is 653 g/mol. The zero-order chi connectivity index (χ0) is 33.7. The summed E-state index contributed by atoms with van der Waals surface area (Å²) in [5.41, 5.74) is 3.06. The molecule has 11 heteroatoms. The molecule has 0 saturated carbocycles. The van der Waals surface area contributed by atoms with Crippen LogP contribution >= 0.6 is 11.3 Å². The predicted molar refractivity (Wildman–Crippen MR) is 178 cm³/mol. The lowest BCUT2D eigenvalue weighted by atomic mass is 9.95. The Bertz CT molecular complexity index is 2050. The summed E-state index contributed by atoms with van der Waals surface area (Å²) in [5.74, 6) is 1.41. The van der Waals surface area contributed by atoms with Crippen molar-refractivity contribution in [1.29, 1.82) is 5.26 Å². The third kappa shape index (κ3) is 6.93. The zero-order valence-corrected chi connectivity index (χ0v) is 27.8. The highest BCUT2D eigenvalue weighted by molar-refractivity contribution is 7.07. The fourth-order valence-electron chi connectivity index (χ4n) is 5.25. The highest BCUT2D eigenvalue weighted by Gasteiger charge is 2.34. The second kappa shape index (κ2) is 14.4. The maximum absolute atomic E-state index is 14.3. The number of hydrogen-bond donors (Lipinski definition) is 0. The van der Waals surface area contributed by atoms with Gasteiger partial charge < -0.3 is 23.7 Å². The minimum Gasteiger partial charge on any atom is -0.493 e. The van der Waals surface area contributed by atoms with Crippen molar-refractivity contribution in [2.24, 2.45) is 4.99 Å². The predicted octanol–water partition coefficient (Wildman–Crippen LogP) is 5.05. The average Bonchev–Trinajstić information content (AvgIpc) is 3.37. The van der Waals surface area contributed by atoms with Gasteiger partial charge in [-0.1, -0.05) is 41.7 Å². The van der Waals surface area contributed by atoms with E-state index in [-0.39, 0.29) is 30.5 Å². The van der Waals surface area contributed by atoms with Crippen molar-refractivity contribution in [3.63, 3.8) is 0 Å². The van der Waals surface area contributed by atoms with Crippen LogP contribution in [-0.2, 0) is 16.1 Å². The highest BCUT2D eigenvalue weighted by atomic mass is 32.1. The fourth-order valence-corrected chi connectivity index (χ4v) is 6.28. The maximum atomic E-state index is 14.3. The van der Waals surface area contributed by atoms with E-state index < -0.39 is 12.0 Å². The van der Waals surface area contributed by atoms with Crippen molar-refractivity contribution in [3.8, 4) is 29.1 Å². The molecule has 2 heterocycles. The number of hydrogen-bond acceptors (Lipinski definition) is 10. The number of aromatic nitrogens is 1. The maximum Gasteiger partial charge on any atom is 0.338 e. The van der Waals surface area contributed by atoms with Gasteiger partial charge in [0, 0.05) is 5.56 Å². The summed E-state index contributed by atoms with van der Waals surface area (Å²) in [6.45, 7) is 7.69. The van der Waals surface area contributed by atoms with Gasteiger partial charge in [0.1, 0.15) is 6.61 Å². The van der Waals surface area contributed by atoms with Gasteiger partial charge in [0.25, 0.3) is 5.56 Å². The number of allylic oxidation sites excluding steroid dienone is 1. The Morgan fingerprint density at radius 3 is 2.47 bits per heavy atom. The lowest BCUT2D eigenvalue weighted by molar-refractivity contribution is -0.139. The number of para-hydroxylation sites is 1. The van der Waals surface area contributed by atoms with Crippen LogP contribution < -0.4 is 33.8 Å². The molecule has 242 valence electrons. The molecule has 10 nitrogen and oxygen atoms in total. The molecule has 1 aromatic heterocycles. The number of esters is 1. The number of thiazole rings is 1. The summed E-state index contributed by atoms with van der Waals surface area (Å²) in [7, 11) is 3.09. The molecule has 0 aliphatic carbocycles. The van der Waals surface area contributed by atoms with Crippen LogP contribution in [0.15, 0.2) is 81.7 Å². The Balaban J connectivity index is 1.64. The van der Waals surface area contributed by atoms with E-state index in [1.807, 2.05) is 44.2 Å². The summed E-state index contributed by atoms with van der Waals surface area (Å²) in [5, 5.41) is 9.12. The number of benzene rings is 3. The van der Waals surface area contributed by atoms with Crippen molar-refractivity contribution >= 4 is 23.4 Å². The second-order valence-electron chi connectivity index (χ2n) is 10.9. The number of fused-ring (bicyclic) bond motifs is 1. The Morgan fingerprint density at radius 2 is 1.81 bits per heavy atom. The minimum absolute atomic E-state index is 0.0840. The van der Waals surface area contributed by atoms with Crippen LogP contribution in [0.1, 0.15) is 56.0 Å². The standard InChI is InChI=1S/C36H35N3O7S/c1-7-44-35(41)31-22(4)38-36-39(32(31)25-15-16-27(46-21(2)3)29(17-25)43-6)34(40)30(47-36)18-26-9-8-10-28(42-5)33(26)45-20-24-13-11-23(19-37)12-14-24/h8-18,21,32H,7,20H2,1-6H3/b30-18+/t32-/m0/s1. The second-order valence-corrected chi connectivity index (χ2v) is 11.9. The molecule has 0 amide bonds. The van der Waals surface area contributed by atoms with E-state index in [2.05, 4.69) is 11.1 Å². The summed E-state index contributed by atoms with van der Waals surface area (Å²) in [6, 6.07) is 19.2. The van der Waals surface area contributed by atoms with E-state index in [0.717, 1.165) is 5.56 Å². The van der Waals surface area contributed by atoms with Crippen LogP contribution in [0, 0.1) is 11.3 Å². The molecule has 1 aliphatic heterocycles. The van der Waals surface area contributed by atoms with E-state index in [1.165, 1.54) is 15.9 Å². The van der Waals surface area contributed by atoms with Gasteiger partial charge in [-0.25, -0.2) is 9.79 Å². The van der Waals surface area contributed by atoms with E-state index in [4.69, 9.17) is 28.9 Å². The van der Waals surface area contributed by atoms with Crippen molar-refractivity contribution in [2.75, 3.05) is 20.8 Å². The summed E-state index contributed by atoms with van der Waals surface area (Å²) < 4.78 is 30.7. The number of methoxy groups -OCH3 is 2. The van der Waals surface area contributed by atoms with E-state index in [9.17, 15) is 9.59 Å². The normalized spacial score (nSPS) is 14.3. The van der Waals surface area contributed by atoms with Gasteiger partial charge in [0.15, 0.2) is 27.8 Å². The van der Waals surface area contributed by atoms with Crippen LogP contribution in [0.3, 0.4) is 0 Å². The molecule has 0 saturated heterocycles. The molecule has 0 N–H and O–H groups in total. The SMILES string of the molecule is CCOC(=O)C1=C(C)N=c2s/c(=C/c3cccc(OC)c3OCc3ccc(C#N)cc3)c(=O)n2[C@H]1c1ccc(OC(C)C)c(OC)c1. The smallest absolute Gasteiger partial charge is 0.338 e. The Morgan fingerprint density at radius 1 is 1.06 bits per heavy atom. The fraction of sp³-hybridized carbons (Fsp3) is 0.278. The average molecular weight is 654 g/mol. The first-order valence-electron chi connectivity index (χ1n) is 15.0. The molecule has 0 unspecified atom stereocenters. The zero-order valence-electron chi connectivity index (χ0n) is 27.0. The summed E-state index contributed by atoms with van der Waals surface area (Å²) >= 11 is 1.21. The molecule has 0 spiro atoms. The van der Waals surface area contributed by atoms with Gasteiger partial charge >= 0.3 is 5.97 Å². The largest absolute Gasteiger partial charge is 0.493 e. The molecule has 1 aliphatic rings. The number of nitrogens with zero attached hydrogens (tertiary/aromatic N) is 3. The van der Waals surface area contributed by atoms with Crippen molar-refractivity contribution in [3.05, 3.63) is 114 Å². The first kappa shape index (κ1) is 33.0. The van der Waals surface area contributed by atoms with Gasteiger partial charge in [-0.3, -0.25) is 9.36 Å². The molecule has 0 radical (unpaired) electrons. The van der Waals surface area contributed by atoms with E-state index in [0.29, 0.717) is 54.7 Å². The summed E-state index contributed by atoms with van der Waals surface area (Å²) in [4.78, 5) is 32.7. The molecule has 5 rings (SSSR count). The highest BCUT2D eigenvalue weighted by Crippen LogP contribution is 2.37. The number of carbonyl (C=O) groups is 1. The van der Waals surface area contributed by atoms with E-state index >= 15 is 0 Å². The van der Waals surface area contributed by atoms with Crippen molar-refractivity contribution < 1.29 is 28.5 Å². The van der Waals surface area contributed by atoms with Crippen LogP contribution in [-0.4, -0.2) is 37.5 Å². The molecular formula is C36H35N3O7S. The van der Waals surface area contributed by atoms with Gasteiger partial charge in [-0.2, -0.15) is 5.26 Å². The number of ether oxygens (including phenoxy) is 5. The van der Waals surface area contributed by atoms with Crippen molar-refractivity contribution in [1.82, 2.24) is 4.57 Å². The molecule has 3 aromatic carbocycles. The quantitative estimate of drug-likeness (QED) is 0.206. The van der Waals surface area contributed by atoms with Crippen LogP contribution in [0.5, 0.6) is 23.0 Å². The Labute approximate surface area is 276 Å². The van der Waals surface area contributed by atoms with Gasteiger partial charge in [0.2, 0.25) is 0 Å². The first-order valence-corrected chi connectivity index (χ1v) is 15.8. The van der Waals surface area contributed by atoms with Gasteiger partial charge in [0.05, 0.1) is 60.4 Å². The van der Waals surface area contributed by atoms with Crippen LogP contribution in [0.25, 0.3) is 6.08 Å². The first-order chi connectivity index (χ1) is 22.7. The summed E-state index contributed by atoms with van der Waals surface area (Å²) in [6.07, 6.45) is 1.65. The lowest BCUT2D eigenvalue weighted by Crippen LogP contribution is -2.40. The van der Waals surface area contributed by atoms with Gasteiger partial charge in [-0.05, 0) is 75.2 Å². The number of rotatable bonds is 11. The molecule has 1 atom stereocenters. The molecule has 0 fully saturated rings. The number of carbonyl (C=O) groups excluding carboxylic acids is 1. The molecule has 47 heavy (non-hydrogen) atoms. The third-order valence-corrected chi connectivity index (χ3v) is 8.35. The van der Waals surface area contributed by atoms with E-state index in [1.54, 1.807) is 64.5 Å². The lowest BCUT2D eigenvalue weighted by Gasteiger charge is -2.25. The molecular weight excluding hydrogens is 618 g/mol. The number of nitriles is 1. The molecule has 0 bridgehead atoms. The Hall–Kier alpha value is -5.34. The van der Waals surface area contributed by atoms with Gasteiger partial charge in [-0.15, -0.1) is 0 Å². The Kier molecular flexibility index (Phi) is 10.1. The topological polar surface area (TPSA) is 121 Å².